The number of aryl methyl sites for hydroxylation is 1. The number of hydrogen-bond acceptors (Lipinski definition) is 2. The molecule has 2 heteroatoms. The van der Waals surface area contributed by atoms with Crippen molar-refractivity contribution < 1.29 is 0 Å². The van der Waals surface area contributed by atoms with E-state index in [1.54, 1.807) is 0 Å². The number of nitrogens with zero attached hydrogens (tertiary/aromatic N) is 1. The molecular weight excluding hydrogens is 220 g/mol. The molecule has 1 atom stereocenters. The summed E-state index contributed by atoms with van der Waals surface area (Å²) in [5, 5.41) is 3.58. The Labute approximate surface area is 110 Å². The smallest absolute Gasteiger partial charge is 0.0376 e. The maximum absolute atomic E-state index is 3.58. The molecule has 2 heterocycles. The Morgan fingerprint density at radius 2 is 1.89 bits per heavy atom. The van der Waals surface area contributed by atoms with E-state index in [1.807, 2.05) is 0 Å². The Hall–Kier alpha value is -1.18. The van der Waals surface area contributed by atoms with Gasteiger partial charge in [-0.3, -0.25) is 0 Å². The van der Waals surface area contributed by atoms with Gasteiger partial charge >= 0.3 is 0 Å². The van der Waals surface area contributed by atoms with Gasteiger partial charge in [-0.2, -0.15) is 0 Å². The zero-order valence-electron chi connectivity index (χ0n) is 11.4. The van der Waals surface area contributed by atoms with Gasteiger partial charge in [0.05, 0.1) is 0 Å². The van der Waals surface area contributed by atoms with Crippen LogP contribution in [0.5, 0.6) is 0 Å². The summed E-state index contributed by atoms with van der Waals surface area (Å²) in [6.07, 6.45) is 8.00. The monoisotopic (exact) mass is 244 g/mol. The van der Waals surface area contributed by atoms with Gasteiger partial charge in [-0.1, -0.05) is 12.8 Å². The number of rotatable bonds is 1. The summed E-state index contributed by atoms with van der Waals surface area (Å²) in [5.41, 5.74) is 4.30. The Morgan fingerprint density at radius 3 is 2.67 bits per heavy atom. The quantitative estimate of drug-likeness (QED) is 0.808. The second kappa shape index (κ2) is 5.21. The van der Waals surface area contributed by atoms with Crippen LogP contribution < -0.4 is 10.2 Å². The normalized spacial score (nSPS) is 24.1. The second-order valence-corrected chi connectivity index (χ2v) is 5.83. The highest BCUT2D eigenvalue weighted by Crippen LogP contribution is 2.30. The van der Waals surface area contributed by atoms with Crippen LogP contribution in [0.3, 0.4) is 0 Å². The lowest BCUT2D eigenvalue weighted by atomic mass is 9.98. The molecular formula is C16H24N2. The third-order valence-corrected chi connectivity index (χ3v) is 4.31. The van der Waals surface area contributed by atoms with Crippen LogP contribution in [0.2, 0.25) is 0 Å². The number of benzene rings is 1. The highest BCUT2D eigenvalue weighted by atomic mass is 15.1. The fraction of sp³-hybridized carbons (Fsp3) is 0.625. The zero-order chi connectivity index (χ0) is 12.4. The predicted octanol–water partition coefficient (Wildman–Crippen LogP) is 3.81. The van der Waals surface area contributed by atoms with Gasteiger partial charge in [0.2, 0.25) is 0 Å². The standard InChI is InChI=1S/C16H24N2/c1-13-6-7-14-12-15(8-9-16(14)17-13)18-10-4-2-3-5-11-18/h8-9,12-13,17H,2-7,10-11H2,1H3. The molecule has 2 aliphatic heterocycles. The summed E-state index contributed by atoms with van der Waals surface area (Å²) in [5.74, 6) is 0. The van der Waals surface area contributed by atoms with Crippen molar-refractivity contribution in [3.05, 3.63) is 23.8 Å². The summed E-state index contributed by atoms with van der Waals surface area (Å²) in [6.45, 7) is 4.75. The molecule has 2 aliphatic rings. The van der Waals surface area contributed by atoms with Gasteiger partial charge in [0.25, 0.3) is 0 Å². The molecule has 0 aliphatic carbocycles. The van der Waals surface area contributed by atoms with Crippen molar-refractivity contribution in [2.45, 2.75) is 51.5 Å². The van der Waals surface area contributed by atoms with E-state index < -0.39 is 0 Å². The lowest BCUT2D eigenvalue weighted by molar-refractivity contribution is 0.680. The van der Waals surface area contributed by atoms with Crippen molar-refractivity contribution in [1.82, 2.24) is 0 Å². The van der Waals surface area contributed by atoms with Gasteiger partial charge < -0.3 is 10.2 Å². The molecule has 3 rings (SSSR count). The minimum atomic E-state index is 0.626. The van der Waals surface area contributed by atoms with Crippen LogP contribution in [-0.2, 0) is 6.42 Å². The topological polar surface area (TPSA) is 15.3 Å². The minimum Gasteiger partial charge on any atom is -0.382 e. The first kappa shape index (κ1) is 11.9. The van der Waals surface area contributed by atoms with Gasteiger partial charge in [0.1, 0.15) is 0 Å². The Kier molecular flexibility index (Phi) is 3.44. The highest BCUT2D eigenvalue weighted by Gasteiger charge is 2.16. The third-order valence-electron chi connectivity index (χ3n) is 4.31. The van der Waals surface area contributed by atoms with Crippen LogP contribution >= 0.6 is 0 Å². The molecule has 1 N–H and O–H groups in total. The molecule has 18 heavy (non-hydrogen) atoms. The van der Waals surface area contributed by atoms with Crippen LogP contribution in [0.1, 0.15) is 44.6 Å². The van der Waals surface area contributed by atoms with Gasteiger partial charge in [0.15, 0.2) is 0 Å². The van der Waals surface area contributed by atoms with Gasteiger partial charge in [-0.15, -0.1) is 0 Å². The zero-order valence-corrected chi connectivity index (χ0v) is 11.4. The molecule has 2 nitrogen and oxygen atoms in total. The van der Waals surface area contributed by atoms with Crippen LogP contribution in [0.4, 0.5) is 11.4 Å². The van der Waals surface area contributed by atoms with Crippen molar-refractivity contribution in [1.29, 1.82) is 0 Å². The molecule has 1 aromatic rings. The lowest BCUT2D eigenvalue weighted by Crippen LogP contribution is -2.25. The van der Waals surface area contributed by atoms with E-state index in [0.717, 1.165) is 0 Å². The molecule has 98 valence electrons. The van der Waals surface area contributed by atoms with Crippen molar-refractivity contribution >= 4 is 11.4 Å². The largest absolute Gasteiger partial charge is 0.382 e. The summed E-state index contributed by atoms with van der Waals surface area (Å²) < 4.78 is 0. The maximum atomic E-state index is 3.58. The van der Waals surface area contributed by atoms with Gasteiger partial charge in [-0.05, 0) is 56.4 Å². The second-order valence-electron chi connectivity index (χ2n) is 5.83. The predicted molar refractivity (Wildman–Crippen MR) is 78.5 cm³/mol. The van der Waals surface area contributed by atoms with E-state index in [1.165, 1.54) is 68.6 Å². The van der Waals surface area contributed by atoms with Crippen LogP contribution in [0.25, 0.3) is 0 Å². The molecule has 0 radical (unpaired) electrons. The number of hydrogen-bond donors (Lipinski definition) is 1. The van der Waals surface area contributed by atoms with Crippen LogP contribution in [0, 0.1) is 0 Å². The van der Waals surface area contributed by atoms with E-state index >= 15 is 0 Å². The van der Waals surface area contributed by atoms with Crippen molar-refractivity contribution in [3.8, 4) is 0 Å². The highest BCUT2D eigenvalue weighted by molar-refractivity contribution is 5.62. The molecule has 0 saturated carbocycles. The van der Waals surface area contributed by atoms with Crippen LogP contribution in [0.15, 0.2) is 18.2 Å². The molecule has 0 amide bonds. The van der Waals surface area contributed by atoms with Gasteiger partial charge in [0, 0.05) is 30.5 Å². The van der Waals surface area contributed by atoms with Gasteiger partial charge in [-0.25, -0.2) is 0 Å². The molecule has 0 spiro atoms. The molecule has 1 unspecified atom stereocenters. The minimum absolute atomic E-state index is 0.626. The third kappa shape index (κ3) is 2.47. The summed E-state index contributed by atoms with van der Waals surface area (Å²) >= 11 is 0. The first-order valence-corrected chi connectivity index (χ1v) is 7.47. The molecule has 1 saturated heterocycles. The molecule has 0 bridgehead atoms. The number of fused-ring (bicyclic) bond motifs is 1. The maximum Gasteiger partial charge on any atom is 0.0376 e. The molecule has 0 aromatic heterocycles. The van der Waals surface area contributed by atoms with E-state index in [2.05, 4.69) is 35.3 Å². The fourth-order valence-corrected chi connectivity index (χ4v) is 3.16. The van der Waals surface area contributed by atoms with E-state index in [0.29, 0.717) is 6.04 Å². The Bertz CT molecular complexity index is 406. The van der Waals surface area contributed by atoms with Crippen molar-refractivity contribution in [2.24, 2.45) is 0 Å². The average molecular weight is 244 g/mol. The fourth-order valence-electron chi connectivity index (χ4n) is 3.16. The van der Waals surface area contributed by atoms with E-state index in [9.17, 15) is 0 Å². The van der Waals surface area contributed by atoms with E-state index in [-0.39, 0.29) is 0 Å². The van der Waals surface area contributed by atoms with Crippen LogP contribution in [-0.4, -0.2) is 19.1 Å². The summed E-state index contributed by atoms with van der Waals surface area (Å²) in [7, 11) is 0. The van der Waals surface area contributed by atoms with Crippen molar-refractivity contribution in [2.75, 3.05) is 23.3 Å². The molecule has 1 aromatic carbocycles. The molecule has 1 fully saturated rings. The van der Waals surface area contributed by atoms with E-state index in [4.69, 9.17) is 0 Å². The Balaban J connectivity index is 1.80. The summed E-state index contributed by atoms with van der Waals surface area (Å²) in [4.78, 5) is 2.57. The SMILES string of the molecule is CC1CCc2cc(N3CCCCCC3)ccc2N1. The number of nitrogens with one attached hydrogen (secondary N) is 1. The summed E-state index contributed by atoms with van der Waals surface area (Å²) in [6, 6.07) is 7.63. The average Bonchev–Trinajstić information content (AvgIpc) is 2.67. The first-order valence-electron chi connectivity index (χ1n) is 7.47. The lowest BCUT2D eigenvalue weighted by Gasteiger charge is -2.28. The number of anilines is 2. The Morgan fingerprint density at radius 1 is 1.11 bits per heavy atom. The van der Waals surface area contributed by atoms with Crippen molar-refractivity contribution in [3.63, 3.8) is 0 Å². The first-order chi connectivity index (χ1) is 8.83.